The topological polar surface area (TPSA) is 37.3 Å². The predicted molar refractivity (Wildman–Crippen MR) is 81.7 cm³/mol. The molecule has 1 aliphatic carbocycles. The van der Waals surface area contributed by atoms with Crippen LogP contribution < -0.4 is 0 Å². The molecular formula is C18H26O2. The molecule has 3 atom stereocenters. The number of aliphatic carboxylic acids is 1. The van der Waals surface area contributed by atoms with Crippen molar-refractivity contribution in [3.63, 3.8) is 0 Å². The number of aryl methyl sites for hydroxylation is 1. The van der Waals surface area contributed by atoms with E-state index in [9.17, 15) is 9.90 Å². The van der Waals surface area contributed by atoms with E-state index in [2.05, 4.69) is 32.0 Å². The Morgan fingerprint density at radius 1 is 1.35 bits per heavy atom. The van der Waals surface area contributed by atoms with Crippen LogP contribution in [0.4, 0.5) is 0 Å². The predicted octanol–water partition coefficient (Wildman–Crippen LogP) is 4.45. The van der Waals surface area contributed by atoms with Crippen LogP contribution in [-0.2, 0) is 11.2 Å². The molecule has 1 saturated carbocycles. The van der Waals surface area contributed by atoms with E-state index in [1.807, 2.05) is 6.07 Å². The van der Waals surface area contributed by atoms with Crippen molar-refractivity contribution in [2.75, 3.05) is 0 Å². The van der Waals surface area contributed by atoms with E-state index >= 15 is 0 Å². The first-order valence-corrected chi connectivity index (χ1v) is 7.90. The lowest BCUT2D eigenvalue weighted by molar-refractivity contribution is -0.145. The molecule has 0 radical (unpaired) electrons. The Kier molecular flexibility index (Phi) is 5.22. The zero-order valence-corrected chi connectivity index (χ0v) is 12.6. The summed E-state index contributed by atoms with van der Waals surface area (Å²) in [5.41, 5.74) is 2.38. The lowest BCUT2D eigenvalue weighted by Gasteiger charge is -2.35. The summed E-state index contributed by atoms with van der Waals surface area (Å²) in [6, 6.07) is 8.28. The fourth-order valence-corrected chi connectivity index (χ4v) is 3.79. The number of carbonyl (C=O) groups is 1. The van der Waals surface area contributed by atoms with Gasteiger partial charge in [0.15, 0.2) is 0 Å². The summed E-state index contributed by atoms with van der Waals surface area (Å²) < 4.78 is 0. The van der Waals surface area contributed by atoms with Crippen molar-refractivity contribution in [1.29, 1.82) is 0 Å². The lowest BCUT2D eigenvalue weighted by atomic mass is 9.70. The molecule has 20 heavy (non-hydrogen) atoms. The summed E-state index contributed by atoms with van der Waals surface area (Å²) in [5.74, 6) is 0.111. The van der Waals surface area contributed by atoms with Crippen LogP contribution in [0.2, 0.25) is 0 Å². The standard InChI is InChI=1S/C18H26O2/c1-3-15-9-4-5-10-16(15)17(18(19)20)12-14-8-6-7-13(2)11-14/h6-8,11,15-17H,3-5,9-10,12H2,1-2H3,(H,19,20). The molecule has 0 bridgehead atoms. The summed E-state index contributed by atoms with van der Waals surface area (Å²) in [4.78, 5) is 11.7. The highest BCUT2D eigenvalue weighted by Crippen LogP contribution is 2.38. The van der Waals surface area contributed by atoms with Gasteiger partial charge >= 0.3 is 5.97 Å². The first-order chi connectivity index (χ1) is 9.61. The van der Waals surface area contributed by atoms with Crippen molar-refractivity contribution in [3.8, 4) is 0 Å². The quantitative estimate of drug-likeness (QED) is 0.861. The van der Waals surface area contributed by atoms with E-state index in [0.29, 0.717) is 18.3 Å². The number of benzene rings is 1. The van der Waals surface area contributed by atoms with Gasteiger partial charge in [0.2, 0.25) is 0 Å². The van der Waals surface area contributed by atoms with Gasteiger partial charge in [-0.3, -0.25) is 4.79 Å². The second-order valence-corrected chi connectivity index (χ2v) is 6.25. The molecule has 1 fully saturated rings. The Morgan fingerprint density at radius 2 is 2.10 bits per heavy atom. The van der Waals surface area contributed by atoms with E-state index in [1.165, 1.54) is 24.8 Å². The molecule has 110 valence electrons. The molecule has 0 heterocycles. The highest BCUT2D eigenvalue weighted by molar-refractivity contribution is 5.71. The third kappa shape index (κ3) is 3.62. The van der Waals surface area contributed by atoms with Crippen molar-refractivity contribution in [3.05, 3.63) is 35.4 Å². The summed E-state index contributed by atoms with van der Waals surface area (Å²) in [6.07, 6.45) is 6.55. The van der Waals surface area contributed by atoms with Crippen LogP contribution in [0.1, 0.15) is 50.2 Å². The molecule has 2 heteroatoms. The molecule has 3 unspecified atom stereocenters. The molecule has 0 saturated heterocycles. The number of carboxylic acid groups (broad SMARTS) is 1. The summed E-state index contributed by atoms with van der Waals surface area (Å²) in [6.45, 7) is 4.27. The maximum absolute atomic E-state index is 11.7. The van der Waals surface area contributed by atoms with Gasteiger partial charge in [-0.2, -0.15) is 0 Å². The fourth-order valence-electron chi connectivity index (χ4n) is 3.79. The Morgan fingerprint density at radius 3 is 2.75 bits per heavy atom. The van der Waals surface area contributed by atoms with Gasteiger partial charge in [-0.1, -0.05) is 62.4 Å². The Hall–Kier alpha value is -1.31. The number of hydrogen-bond acceptors (Lipinski definition) is 1. The van der Waals surface area contributed by atoms with Crippen LogP contribution >= 0.6 is 0 Å². The van der Waals surface area contributed by atoms with Crippen LogP contribution in [0.5, 0.6) is 0 Å². The molecular weight excluding hydrogens is 248 g/mol. The van der Waals surface area contributed by atoms with Crippen molar-refractivity contribution in [2.45, 2.75) is 52.4 Å². The van der Waals surface area contributed by atoms with Crippen LogP contribution in [0, 0.1) is 24.7 Å². The van der Waals surface area contributed by atoms with Gasteiger partial charge in [0.25, 0.3) is 0 Å². The zero-order valence-electron chi connectivity index (χ0n) is 12.6. The van der Waals surface area contributed by atoms with Crippen molar-refractivity contribution < 1.29 is 9.90 Å². The van der Waals surface area contributed by atoms with Gasteiger partial charge < -0.3 is 5.11 Å². The Balaban J connectivity index is 2.16. The number of carboxylic acids is 1. The monoisotopic (exact) mass is 274 g/mol. The van der Waals surface area contributed by atoms with Crippen LogP contribution in [-0.4, -0.2) is 11.1 Å². The van der Waals surface area contributed by atoms with Crippen LogP contribution in [0.15, 0.2) is 24.3 Å². The summed E-state index contributed by atoms with van der Waals surface area (Å²) >= 11 is 0. The largest absolute Gasteiger partial charge is 0.481 e. The van der Waals surface area contributed by atoms with Crippen molar-refractivity contribution in [2.24, 2.45) is 17.8 Å². The molecule has 1 aliphatic rings. The number of rotatable bonds is 5. The SMILES string of the molecule is CCC1CCCCC1C(Cc1cccc(C)c1)C(=O)O. The van der Waals surface area contributed by atoms with Gasteiger partial charge in [-0.05, 0) is 37.2 Å². The van der Waals surface area contributed by atoms with E-state index in [0.717, 1.165) is 18.4 Å². The zero-order chi connectivity index (χ0) is 14.5. The maximum atomic E-state index is 11.7. The first-order valence-electron chi connectivity index (χ1n) is 7.90. The third-order valence-corrected chi connectivity index (χ3v) is 4.86. The molecule has 2 nitrogen and oxygen atoms in total. The molecule has 1 aromatic rings. The summed E-state index contributed by atoms with van der Waals surface area (Å²) in [5, 5.41) is 9.67. The van der Waals surface area contributed by atoms with Gasteiger partial charge in [0.1, 0.15) is 0 Å². The molecule has 1 aromatic carbocycles. The first kappa shape index (κ1) is 15.1. The van der Waals surface area contributed by atoms with Gasteiger partial charge in [-0.15, -0.1) is 0 Å². The molecule has 1 N–H and O–H groups in total. The third-order valence-electron chi connectivity index (χ3n) is 4.86. The normalized spacial score (nSPS) is 24.3. The minimum absolute atomic E-state index is 0.220. The van der Waals surface area contributed by atoms with Crippen molar-refractivity contribution >= 4 is 5.97 Å². The minimum atomic E-state index is -0.614. The smallest absolute Gasteiger partial charge is 0.307 e. The Labute approximate surface area is 122 Å². The van der Waals surface area contributed by atoms with E-state index in [4.69, 9.17) is 0 Å². The highest BCUT2D eigenvalue weighted by atomic mass is 16.4. The Bertz CT molecular complexity index is 452. The molecule has 0 spiro atoms. The minimum Gasteiger partial charge on any atom is -0.481 e. The molecule has 2 rings (SSSR count). The van der Waals surface area contributed by atoms with Crippen molar-refractivity contribution in [1.82, 2.24) is 0 Å². The maximum Gasteiger partial charge on any atom is 0.307 e. The molecule has 0 aliphatic heterocycles. The van der Waals surface area contributed by atoms with Crippen LogP contribution in [0.3, 0.4) is 0 Å². The average Bonchev–Trinajstić information content (AvgIpc) is 2.44. The van der Waals surface area contributed by atoms with Gasteiger partial charge in [0.05, 0.1) is 5.92 Å². The van der Waals surface area contributed by atoms with Gasteiger partial charge in [0, 0.05) is 0 Å². The van der Waals surface area contributed by atoms with E-state index in [1.54, 1.807) is 0 Å². The second kappa shape index (κ2) is 6.92. The molecule has 0 amide bonds. The average molecular weight is 274 g/mol. The fraction of sp³-hybridized carbons (Fsp3) is 0.611. The second-order valence-electron chi connectivity index (χ2n) is 6.25. The molecule has 0 aromatic heterocycles. The van der Waals surface area contributed by atoms with E-state index < -0.39 is 5.97 Å². The summed E-state index contributed by atoms with van der Waals surface area (Å²) in [7, 11) is 0. The van der Waals surface area contributed by atoms with Crippen LogP contribution in [0.25, 0.3) is 0 Å². The highest BCUT2D eigenvalue weighted by Gasteiger charge is 2.34. The van der Waals surface area contributed by atoms with E-state index in [-0.39, 0.29) is 5.92 Å². The lowest BCUT2D eigenvalue weighted by Crippen LogP contribution is -2.33. The van der Waals surface area contributed by atoms with Gasteiger partial charge in [-0.25, -0.2) is 0 Å². The number of hydrogen-bond donors (Lipinski definition) is 1.